The molecule has 1 heterocycles. The molecule has 2 N–H and O–H groups in total. The Morgan fingerprint density at radius 3 is 2.71 bits per heavy atom. The molecule has 3 nitrogen and oxygen atoms in total. The van der Waals surface area contributed by atoms with Crippen LogP contribution in [0.25, 0.3) is 0 Å². The summed E-state index contributed by atoms with van der Waals surface area (Å²) in [6.45, 7) is 2.37. The molecule has 0 aliphatic carbocycles. The molecule has 110 valence electrons. The van der Waals surface area contributed by atoms with Crippen LogP contribution in [-0.2, 0) is 19.5 Å². The fourth-order valence-electron chi connectivity index (χ4n) is 2.62. The third-order valence-electron chi connectivity index (χ3n) is 3.68. The van der Waals surface area contributed by atoms with Crippen molar-refractivity contribution >= 4 is 18.3 Å². The Balaban J connectivity index is 0.00000161. The number of nitrogens with one attached hydrogen (secondary N) is 2. The van der Waals surface area contributed by atoms with Crippen molar-refractivity contribution in [2.75, 3.05) is 6.54 Å². The monoisotopic (exact) mass is 302 g/mol. The number of carbonyl (C=O) groups excluding carboxylic acids is 1. The van der Waals surface area contributed by atoms with E-state index in [0.717, 1.165) is 30.6 Å². The number of hydrogen-bond donors (Lipinski definition) is 2. The molecule has 1 aliphatic rings. The second-order valence-electron chi connectivity index (χ2n) is 5.04. The molecular weight excluding hydrogens is 284 g/mol. The van der Waals surface area contributed by atoms with E-state index < -0.39 is 0 Å². The van der Waals surface area contributed by atoms with E-state index in [-0.39, 0.29) is 18.3 Å². The van der Waals surface area contributed by atoms with E-state index in [4.69, 9.17) is 0 Å². The van der Waals surface area contributed by atoms with E-state index in [1.54, 1.807) is 0 Å². The van der Waals surface area contributed by atoms with Gasteiger partial charge in [-0.2, -0.15) is 0 Å². The molecule has 3 rings (SSSR count). The lowest BCUT2D eigenvalue weighted by molar-refractivity contribution is 0.0949. The van der Waals surface area contributed by atoms with Gasteiger partial charge >= 0.3 is 0 Å². The highest BCUT2D eigenvalue weighted by atomic mass is 35.5. The van der Waals surface area contributed by atoms with Crippen LogP contribution in [0.2, 0.25) is 0 Å². The number of halogens is 1. The third kappa shape index (κ3) is 3.63. The first-order chi connectivity index (χ1) is 9.84. The molecule has 1 amide bonds. The van der Waals surface area contributed by atoms with Crippen LogP contribution in [-0.4, -0.2) is 12.5 Å². The molecule has 2 aromatic rings. The summed E-state index contributed by atoms with van der Waals surface area (Å²) in [6.07, 6.45) is 0.921. The fraction of sp³-hybridized carbons (Fsp3) is 0.235. The van der Waals surface area contributed by atoms with Gasteiger partial charge in [0, 0.05) is 18.7 Å². The van der Waals surface area contributed by atoms with Gasteiger partial charge in [0.05, 0.1) is 0 Å². The van der Waals surface area contributed by atoms with Crippen LogP contribution >= 0.6 is 12.4 Å². The zero-order valence-electron chi connectivity index (χ0n) is 11.8. The Hall–Kier alpha value is -1.84. The van der Waals surface area contributed by atoms with Gasteiger partial charge in [0.1, 0.15) is 0 Å². The van der Waals surface area contributed by atoms with Crippen LogP contribution in [0.1, 0.15) is 27.0 Å². The molecule has 0 aromatic heterocycles. The second kappa shape index (κ2) is 7.25. The minimum atomic E-state index is 0. The molecule has 0 saturated heterocycles. The van der Waals surface area contributed by atoms with Gasteiger partial charge in [0.25, 0.3) is 5.91 Å². The van der Waals surface area contributed by atoms with Gasteiger partial charge in [-0.05, 0) is 35.7 Å². The van der Waals surface area contributed by atoms with E-state index >= 15 is 0 Å². The first-order valence-corrected chi connectivity index (χ1v) is 6.98. The van der Waals surface area contributed by atoms with Gasteiger partial charge in [-0.1, -0.05) is 42.5 Å². The quantitative estimate of drug-likeness (QED) is 0.915. The molecular formula is C17H19ClN2O. The zero-order chi connectivity index (χ0) is 13.8. The predicted octanol–water partition coefficient (Wildman–Crippen LogP) is 2.68. The van der Waals surface area contributed by atoms with Gasteiger partial charge in [-0.3, -0.25) is 4.79 Å². The van der Waals surface area contributed by atoms with Crippen LogP contribution in [0.15, 0.2) is 48.5 Å². The van der Waals surface area contributed by atoms with Gasteiger partial charge in [-0.25, -0.2) is 0 Å². The topological polar surface area (TPSA) is 41.1 Å². The SMILES string of the molecule is Cl.O=C(NCc1ccccc1)c1cccc2c1CCNC2. The van der Waals surface area contributed by atoms with Crippen molar-refractivity contribution in [2.24, 2.45) is 0 Å². The lowest BCUT2D eigenvalue weighted by Gasteiger charge is -2.20. The summed E-state index contributed by atoms with van der Waals surface area (Å²) < 4.78 is 0. The second-order valence-corrected chi connectivity index (χ2v) is 5.04. The molecule has 2 aromatic carbocycles. The minimum Gasteiger partial charge on any atom is -0.348 e. The number of amides is 1. The standard InChI is InChI=1S/C17H18N2O.ClH/c20-17(19-11-13-5-2-1-3-6-13)16-8-4-7-14-12-18-10-9-15(14)16;/h1-8,18H,9-12H2,(H,19,20);1H. The van der Waals surface area contributed by atoms with Crippen LogP contribution < -0.4 is 10.6 Å². The normalized spacial score (nSPS) is 13.0. The highest BCUT2D eigenvalue weighted by Gasteiger charge is 2.16. The highest BCUT2D eigenvalue weighted by Crippen LogP contribution is 2.18. The molecule has 0 fully saturated rings. The minimum absolute atomic E-state index is 0. The van der Waals surface area contributed by atoms with Crippen molar-refractivity contribution in [3.63, 3.8) is 0 Å². The van der Waals surface area contributed by atoms with Gasteiger partial charge in [-0.15, -0.1) is 12.4 Å². The molecule has 4 heteroatoms. The maximum absolute atomic E-state index is 12.4. The summed E-state index contributed by atoms with van der Waals surface area (Å²) in [5.74, 6) is 0.0209. The fourth-order valence-corrected chi connectivity index (χ4v) is 2.62. The summed E-state index contributed by atoms with van der Waals surface area (Å²) in [7, 11) is 0. The number of carbonyl (C=O) groups is 1. The molecule has 0 radical (unpaired) electrons. The van der Waals surface area contributed by atoms with Crippen molar-refractivity contribution < 1.29 is 4.79 Å². The van der Waals surface area contributed by atoms with Gasteiger partial charge in [0.2, 0.25) is 0 Å². The lowest BCUT2D eigenvalue weighted by Crippen LogP contribution is -2.29. The lowest BCUT2D eigenvalue weighted by atomic mass is 9.95. The Kier molecular flexibility index (Phi) is 5.37. The largest absolute Gasteiger partial charge is 0.348 e. The Morgan fingerprint density at radius 1 is 1.10 bits per heavy atom. The predicted molar refractivity (Wildman–Crippen MR) is 86.7 cm³/mol. The van der Waals surface area contributed by atoms with Crippen molar-refractivity contribution in [1.82, 2.24) is 10.6 Å². The molecule has 0 bridgehead atoms. The van der Waals surface area contributed by atoms with Crippen molar-refractivity contribution in [2.45, 2.75) is 19.5 Å². The summed E-state index contributed by atoms with van der Waals surface area (Å²) in [6, 6.07) is 16.0. The zero-order valence-corrected chi connectivity index (χ0v) is 12.6. The average Bonchev–Trinajstić information content (AvgIpc) is 2.53. The van der Waals surface area contributed by atoms with Crippen LogP contribution in [0.5, 0.6) is 0 Å². The maximum Gasteiger partial charge on any atom is 0.251 e. The van der Waals surface area contributed by atoms with E-state index in [1.165, 1.54) is 11.1 Å². The van der Waals surface area contributed by atoms with Crippen molar-refractivity contribution in [3.8, 4) is 0 Å². The first-order valence-electron chi connectivity index (χ1n) is 6.98. The van der Waals surface area contributed by atoms with Crippen LogP contribution in [0.3, 0.4) is 0 Å². The van der Waals surface area contributed by atoms with Crippen LogP contribution in [0, 0.1) is 0 Å². The van der Waals surface area contributed by atoms with E-state index in [0.29, 0.717) is 6.54 Å². The maximum atomic E-state index is 12.4. The van der Waals surface area contributed by atoms with Gasteiger partial charge < -0.3 is 10.6 Å². The summed E-state index contributed by atoms with van der Waals surface area (Å²) in [4.78, 5) is 12.4. The van der Waals surface area contributed by atoms with E-state index in [1.807, 2.05) is 42.5 Å². The molecule has 0 atom stereocenters. The molecule has 0 spiro atoms. The summed E-state index contributed by atoms with van der Waals surface area (Å²) >= 11 is 0. The van der Waals surface area contributed by atoms with E-state index in [9.17, 15) is 4.79 Å². The van der Waals surface area contributed by atoms with E-state index in [2.05, 4.69) is 16.7 Å². The number of rotatable bonds is 3. The molecule has 1 aliphatic heterocycles. The van der Waals surface area contributed by atoms with Crippen LogP contribution in [0.4, 0.5) is 0 Å². The molecule has 21 heavy (non-hydrogen) atoms. The smallest absolute Gasteiger partial charge is 0.251 e. The highest BCUT2D eigenvalue weighted by molar-refractivity contribution is 5.96. The first kappa shape index (κ1) is 15.5. The average molecular weight is 303 g/mol. The molecule has 0 saturated carbocycles. The molecule has 0 unspecified atom stereocenters. The van der Waals surface area contributed by atoms with Gasteiger partial charge in [0.15, 0.2) is 0 Å². The van der Waals surface area contributed by atoms with Crippen molar-refractivity contribution in [1.29, 1.82) is 0 Å². The Labute approximate surface area is 131 Å². The summed E-state index contributed by atoms with van der Waals surface area (Å²) in [5.41, 5.74) is 4.37. The van der Waals surface area contributed by atoms with Crippen molar-refractivity contribution in [3.05, 3.63) is 70.8 Å². The Bertz CT molecular complexity index is 613. The third-order valence-corrected chi connectivity index (χ3v) is 3.68. The Morgan fingerprint density at radius 2 is 1.90 bits per heavy atom. The number of hydrogen-bond acceptors (Lipinski definition) is 2. The number of fused-ring (bicyclic) bond motifs is 1. The summed E-state index contributed by atoms with van der Waals surface area (Å²) in [5, 5.41) is 6.34. The number of benzene rings is 2.